The number of carbonyl (C=O) groups is 1. The molecule has 184 valence electrons. The first-order chi connectivity index (χ1) is 15.4. The lowest BCUT2D eigenvalue weighted by atomic mass is 9.34. The Hall–Kier alpha value is -1.25. The molecule has 7 heteroatoms. The van der Waals surface area contributed by atoms with E-state index in [-0.39, 0.29) is 31.1 Å². The molecule has 5 rings (SSSR count). The molecule has 4 aliphatic rings. The molecule has 1 aromatic rings. The topological polar surface area (TPSA) is 131 Å². The number of rotatable bonds is 2. The van der Waals surface area contributed by atoms with Crippen molar-refractivity contribution in [3.63, 3.8) is 0 Å². The van der Waals surface area contributed by atoms with Crippen LogP contribution in [-0.4, -0.2) is 62.3 Å². The van der Waals surface area contributed by atoms with E-state index >= 15 is 0 Å². The van der Waals surface area contributed by atoms with Crippen molar-refractivity contribution in [3.8, 4) is 0 Å². The van der Waals surface area contributed by atoms with E-state index in [1.165, 1.54) is 0 Å². The molecule has 1 aromatic heterocycles. The molecule has 0 spiro atoms. The molecule has 4 saturated carbocycles. The second-order valence-electron chi connectivity index (χ2n) is 12.5. The standard InChI is InChI=1S/C26H38O7/c1-23(2)17-8-19(31)25(4)21-15(28)7-14(13-5-6-33-11-13)24(21,3)10-16(29)22(25)26(17,12-27)20(32)9-18(23)30/h5-6,11,14,16-22,27,29-32H,7-10,12H2,1-4H3/t14-,16-,17-,18+,19+,20-,21+,22-,24-,25-,26+/m0/s1. The van der Waals surface area contributed by atoms with Crippen LogP contribution >= 0.6 is 0 Å². The Balaban J connectivity index is 1.68. The van der Waals surface area contributed by atoms with Crippen LogP contribution in [0.2, 0.25) is 0 Å². The molecule has 4 fully saturated rings. The molecule has 0 aromatic carbocycles. The monoisotopic (exact) mass is 462 g/mol. The molecule has 0 bridgehead atoms. The number of Topliss-reactive ketones (excluding diaryl/α,β-unsaturated/α-hetero) is 1. The number of ketones is 1. The van der Waals surface area contributed by atoms with Crippen LogP contribution < -0.4 is 0 Å². The summed E-state index contributed by atoms with van der Waals surface area (Å²) in [5.41, 5.74) is -2.50. The Labute approximate surface area is 194 Å². The number of furan rings is 1. The van der Waals surface area contributed by atoms with E-state index in [0.717, 1.165) is 5.56 Å². The van der Waals surface area contributed by atoms with Gasteiger partial charge in [0, 0.05) is 41.4 Å². The van der Waals surface area contributed by atoms with E-state index in [1.54, 1.807) is 12.5 Å². The summed E-state index contributed by atoms with van der Waals surface area (Å²) >= 11 is 0. The van der Waals surface area contributed by atoms with Crippen LogP contribution in [0.15, 0.2) is 23.0 Å². The summed E-state index contributed by atoms with van der Waals surface area (Å²) in [6.07, 6.45) is 0.533. The summed E-state index contributed by atoms with van der Waals surface area (Å²) in [4.78, 5) is 13.7. The second-order valence-corrected chi connectivity index (χ2v) is 12.5. The van der Waals surface area contributed by atoms with Gasteiger partial charge in [0.2, 0.25) is 0 Å². The minimum atomic E-state index is -1.12. The van der Waals surface area contributed by atoms with Gasteiger partial charge < -0.3 is 29.9 Å². The number of fused-ring (bicyclic) bond motifs is 5. The fourth-order valence-corrected chi connectivity index (χ4v) is 9.54. The van der Waals surface area contributed by atoms with Crippen molar-refractivity contribution in [2.24, 2.45) is 39.4 Å². The number of hydrogen-bond donors (Lipinski definition) is 5. The number of aliphatic hydroxyl groups excluding tert-OH is 5. The van der Waals surface area contributed by atoms with Crippen molar-refractivity contribution < 1.29 is 34.7 Å². The molecule has 0 amide bonds. The maximum Gasteiger partial charge on any atom is 0.137 e. The highest BCUT2D eigenvalue weighted by Crippen LogP contribution is 2.74. The summed E-state index contributed by atoms with van der Waals surface area (Å²) < 4.78 is 5.30. The maximum absolute atomic E-state index is 13.7. The Bertz CT molecular complexity index is 927. The highest BCUT2D eigenvalue weighted by atomic mass is 16.3. The van der Waals surface area contributed by atoms with Gasteiger partial charge in [-0.2, -0.15) is 0 Å². The third-order valence-electron chi connectivity index (χ3n) is 11.0. The molecule has 5 N–H and O–H groups in total. The Morgan fingerprint density at radius 1 is 1.03 bits per heavy atom. The van der Waals surface area contributed by atoms with Crippen molar-refractivity contribution in [3.05, 3.63) is 24.2 Å². The van der Waals surface area contributed by atoms with E-state index in [0.29, 0.717) is 12.8 Å². The zero-order chi connectivity index (χ0) is 24.1. The van der Waals surface area contributed by atoms with Crippen molar-refractivity contribution in [2.75, 3.05) is 6.61 Å². The molecule has 0 aliphatic heterocycles. The molecule has 33 heavy (non-hydrogen) atoms. The molecular weight excluding hydrogens is 424 g/mol. The third-order valence-corrected chi connectivity index (χ3v) is 11.0. The van der Waals surface area contributed by atoms with Crippen LogP contribution in [-0.2, 0) is 4.79 Å². The average Bonchev–Trinajstić information content (AvgIpc) is 3.34. The van der Waals surface area contributed by atoms with Crippen LogP contribution in [0.4, 0.5) is 0 Å². The molecule has 0 unspecified atom stereocenters. The van der Waals surface area contributed by atoms with Crippen LogP contribution in [0, 0.1) is 39.4 Å². The quantitative estimate of drug-likeness (QED) is 0.453. The molecule has 4 aliphatic carbocycles. The maximum atomic E-state index is 13.7. The summed E-state index contributed by atoms with van der Waals surface area (Å²) in [6, 6.07) is 1.86. The molecule has 7 nitrogen and oxygen atoms in total. The fraction of sp³-hybridized carbons (Fsp3) is 0.808. The summed E-state index contributed by atoms with van der Waals surface area (Å²) in [5.74, 6) is -1.71. The number of hydrogen-bond acceptors (Lipinski definition) is 7. The molecule has 1 heterocycles. The third kappa shape index (κ3) is 2.66. The van der Waals surface area contributed by atoms with Gasteiger partial charge in [-0.1, -0.05) is 27.7 Å². The summed E-state index contributed by atoms with van der Waals surface area (Å²) in [7, 11) is 0. The van der Waals surface area contributed by atoms with Crippen LogP contribution in [0.5, 0.6) is 0 Å². The Morgan fingerprint density at radius 2 is 1.73 bits per heavy atom. The van der Waals surface area contributed by atoms with Gasteiger partial charge in [-0.25, -0.2) is 0 Å². The fourth-order valence-electron chi connectivity index (χ4n) is 9.54. The predicted molar refractivity (Wildman–Crippen MR) is 119 cm³/mol. The normalized spacial score (nSPS) is 53.3. The van der Waals surface area contributed by atoms with E-state index in [2.05, 4.69) is 0 Å². The van der Waals surface area contributed by atoms with Crippen molar-refractivity contribution in [2.45, 2.75) is 83.7 Å². The number of carbonyl (C=O) groups excluding carboxylic acids is 1. The predicted octanol–water partition coefficient (Wildman–Crippen LogP) is 1.86. The molecule has 0 saturated heterocycles. The smallest absolute Gasteiger partial charge is 0.137 e. The molecule has 11 atom stereocenters. The van der Waals surface area contributed by atoms with Gasteiger partial charge in [0.25, 0.3) is 0 Å². The lowest BCUT2D eigenvalue weighted by Gasteiger charge is -2.71. The van der Waals surface area contributed by atoms with E-state index < -0.39 is 63.8 Å². The van der Waals surface area contributed by atoms with Gasteiger partial charge in [-0.05, 0) is 41.2 Å². The average molecular weight is 463 g/mol. The van der Waals surface area contributed by atoms with Gasteiger partial charge in [0.05, 0.1) is 43.5 Å². The first-order valence-corrected chi connectivity index (χ1v) is 12.2. The van der Waals surface area contributed by atoms with E-state index in [9.17, 15) is 30.3 Å². The zero-order valence-corrected chi connectivity index (χ0v) is 19.9. The van der Waals surface area contributed by atoms with Crippen molar-refractivity contribution in [1.29, 1.82) is 0 Å². The summed E-state index contributed by atoms with van der Waals surface area (Å²) in [6.45, 7) is 7.34. The zero-order valence-electron chi connectivity index (χ0n) is 19.9. The van der Waals surface area contributed by atoms with Gasteiger partial charge >= 0.3 is 0 Å². The second kappa shape index (κ2) is 7.14. The first-order valence-electron chi connectivity index (χ1n) is 12.2. The van der Waals surface area contributed by atoms with Crippen molar-refractivity contribution in [1.82, 2.24) is 0 Å². The van der Waals surface area contributed by atoms with Crippen LogP contribution in [0.25, 0.3) is 0 Å². The largest absolute Gasteiger partial charge is 0.472 e. The van der Waals surface area contributed by atoms with Gasteiger partial charge in [-0.3, -0.25) is 4.79 Å². The molecular formula is C26H38O7. The van der Waals surface area contributed by atoms with Crippen LogP contribution in [0.1, 0.15) is 64.9 Å². The van der Waals surface area contributed by atoms with Gasteiger partial charge in [0.15, 0.2) is 0 Å². The Morgan fingerprint density at radius 3 is 2.33 bits per heavy atom. The van der Waals surface area contributed by atoms with E-state index in [4.69, 9.17) is 4.42 Å². The highest BCUT2D eigenvalue weighted by Gasteiger charge is 2.76. The molecule has 0 radical (unpaired) electrons. The Kier molecular flexibility index (Phi) is 5.08. The van der Waals surface area contributed by atoms with Gasteiger partial charge in [-0.15, -0.1) is 0 Å². The van der Waals surface area contributed by atoms with Crippen molar-refractivity contribution >= 4 is 5.78 Å². The summed E-state index contributed by atoms with van der Waals surface area (Å²) in [5, 5.41) is 56.5. The lowest BCUT2D eigenvalue weighted by molar-refractivity contribution is -0.310. The van der Waals surface area contributed by atoms with Gasteiger partial charge in [0.1, 0.15) is 5.78 Å². The minimum absolute atomic E-state index is 0.0540. The van der Waals surface area contributed by atoms with E-state index in [1.807, 2.05) is 33.8 Å². The van der Waals surface area contributed by atoms with Crippen LogP contribution in [0.3, 0.4) is 0 Å². The first kappa shape index (κ1) is 23.5. The minimum Gasteiger partial charge on any atom is -0.472 e. The number of aliphatic hydroxyl groups is 5. The highest BCUT2D eigenvalue weighted by molar-refractivity contribution is 5.87. The lowest BCUT2D eigenvalue weighted by Crippen LogP contribution is -2.75. The SMILES string of the molecule is CC1(C)[C@H](O)C[C@H](O)[C@@]2(CO)[C@H]1C[C@@H](O)[C@@]1(C)[C@@H]3C(=O)C[C@@H](c4ccoc4)[C@]3(C)C[C@H](O)[C@@H]12.